The molecule has 1 aromatic carbocycles. The number of benzene rings is 1. The summed E-state index contributed by atoms with van der Waals surface area (Å²) in [4.78, 5) is 10.6. The lowest BCUT2D eigenvalue weighted by molar-refractivity contribution is -0.384. The van der Waals surface area contributed by atoms with E-state index in [4.69, 9.17) is 4.74 Å². The van der Waals surface area contributed by atoms with E-state index < -0.39 is 0 Å². The molecule has 2 rings (SSSR count). The predicted molar refractivity (Wildman–Crippen MR) is 72.9 cm³/mol. The van der Waals surface area contributed by atoms with Crippen LogP contribution in [0, 0.1) is 10.1 Å². The average Bonchev–Trinajstić information content (AvgIpc) is 2.29. The van der Waals surface area contributed by atoms with Crippen LogP contribution in [0.4, 0.5) is 11.4 Å². The highest BCUT2D eigenvalue weighted by Gasteiger charge is 2.37. The fraction of sp³-hybridized carbons (Fsp3) is 0.500. The fourth-order valence-electron chi connectivity index (χ4n) is 2.09. The summed E-state index contributed by atoms with van der Waals surface area (Å²) in [5.41, 5.74) is 0.461. The monoisotopic (exact) mass is 314 g/mol. The summed E-state index contributed by atoms with van der Waals surface area (Å²) in [7, 11) is 1.69. The maximum Gasteiger partial charge on any atom is 0.293 e. The molecule has 1 N–H and O–H groups in total. The summed E-state index contributed by atoms with van der Waals surface area (Å²) in [5, 5.41) is 14.1. The number of halogens is 1. The molecule has 98 valence electrons. The lowest BCUT2D eigenvalue weighted by atomic mass is 9.80. The Morgan fingerprint density at radius 3 is 2.78 bits per heavy atom. The molecule has 1 saturated carbocycles. The number of hydrogen-bond acceptors (Lipinski definition) is 4. The second-order valence-electron chi connectivity index (χ2n) is 4.51. The summed E-state index contributed by atoms with van der Waals surface area (Å²) in [5.74, 6) is 0. The van der Waals surface area contributed by atoms with Gasteiger partial charge in [-0.2, -0.15) is 0 Å². The second-order valence-corrected chi connectivity index (χ2v) is 5.43. The van der Waals surface area contributed by atoms with Crippen LogP contribution in [0.2, 0.25) is 0 Å². The van der Waals surface area contributed by atoms with Gasteiger partial charge in [0.05, 0.1) is 10.5 Å². The van der Waals surface area contributed by atoms with Crippen LogP contribution in [0.15, 0.2) is 22.7 Å². The minimum Gasteiger partial charge on any atom is -0.377 e. The van der Waals surface area contributed by atoms with Crippen LogP contribution >= 0.6 is 15.9 Å². The summed E-state index contributed by atoms with van der Waals surface area (Å²) in [6.07, 6.45) is 3.15. The minimum atomic E-state index is -0.382. The van der Waals surface area contributed by atoms with Crippen LogP contribution < -0.4 is 5.32 Å². The number of nitrogens with zero attached hydrogens (tertiary/aromatic N) is 1. The largest absolute Gasteiger partial charge is 0.377 e. The van der Waals surface area contributed by atoms with Crippen molar-refractivity contribution < 1.29 is 9.66 Å². The van der Waals surface area contributed by atoms with Crippen molar-refractivity contribution in [3.05, 3.63) is 32.8 Å². The number of rotatable bonds is 5. The van der Waals surface area contributed by atoms with Crippen molar-refractivity contribution in [2.45, 2.75) is 24.9 Å². The zero-order valence-electron chi connectivity index (χ0n) is 10.1. The molecule has 5 nitrogen and oxygen atoms in total. The van der Waals surface area contributed by atoms with Gasteiger partial charge >= 0.3 is 0 Å². The zero-order chi connectivity index (χ0) is 13.2. The van der Waals surface area contributed by atoms with Gasteiger partial charge in [-0.1, -0.05) is 15.9 Å². The Hall–Kier alpha value is -1.14. The third kappa shape index (κ3) is 2.64. The molecule has 0 aliphatic heterocycles. The Morgan fingerprint density at radius 1 is 1.56 bits per heavy atom. The van der Waals surface area contributed by atoms with E-state index in [0.717, 1.165) is 19.3 Å². The van der Waals surface area contributed by atoms with Gasteiger partial charge in [-0.15, -0.1) is 0 Å². The lowest BCUT2D eigenvalue weighted by Gasteiger charge is -2.40. The molecule has 0 unspecified atom stereocenters. The van der Waals surface area contributed by atoms with Crippen LogP contribution in [-0.2, 0) is 4.74 Å². The van der Waals surface area contributed by atoms with Crippen molar-refractivity contribution in [1.29, 1.82) is 0 Å². The summed E-state index contributed by atoms with van der Waals surface area (Å²) >= 11 is 3.24. The van der Waals surface area contributed by atoms with Crippen LogP contribution in [0.25, 0.3) is 0 Å². The van der Waals surface area contributed by atoms with Gasteiger partial charge in [0.25, 0.3) is 5.69 Å². The Kier molecular flexibility index (Phi) is 3.87. The summed E-state index contributed by atoms with van der Waals surface area (Å²) in [6.45, 7) is 0.603. The summed E-state index contributed by atoms with van der Waals surface area (Å²) < 4.78 is 6.18. The molecule has 0 saturated heterocycles. The van der Waals surface area contributed by atoms with E-state index in [1.165, 1.54) is 6.07 Å². The average molecular weight is 315 g/mol. The van der Waals surface area contributed by atoms with Crippen molar-refractivity contribution in [2.75, 3.05) is 19.0 Å². The lowest BCUT2D eigenvalue weighted by Crippen LogP contribution is -2.45. The van der Waals surface area contributed by atoms with E-state index >= 15 is 0 Å². The van der Waals surface area contributed by atoms with E-state index in [9.17, 15) is 10.1 Å². The SMILES string of the molecule is COC1(CNc2ccc(Br)cc2[N+](=O)[O-])CCC1. The maximum absolute atomic E-state index is 11.0. The van der Waals surface area contributed by atoms with Crippen molar-refractivity contribution >= 4 is 27.3 Å². The van der Waals surface area contributed by atoms with Gasteiger partial charge in [-0.3, -0.25) is 10.1 Å². The molecule has 0 atom stereocenters. The van der Waals surface area contributed by atoms with Crippen molar-refractivity contribution in [3.63, 3.8) is 0 Å². The molecule has 0 aromatic heterocycles. The van der Waals surface area contributed by atoms with E-state index in [1.807, 2.05) is 0 Å². The Labute approximate surface area is 114 Å². The van der Waals surface area contributed by atoms with E-state index in [-0.39, 0.29) is 16.2 Å². The molecule has 6 heteroatoms. The Balaban J connectivity index is 2.11. The van der Waals surface area contributed by atoms with E-state index in [0.29, 0.717) is 16.7 Å². The molecule has 1 aliphatic rings. The van der Waals surface area contributed by atoms with Crippen LogP contribution in [0.5, 0.6) is 0 Å². The van der Waals surface area contributed by atoms with Gasteiger partial charge in [-0.05, 0) is 31.4 Å². The number of nitro benzene ring substituents is 1. The number of hydrogen-bond donors (Lipinski definition) is 1. The zero-order valence-corrected chi connectivity index (χ0v) is 11.7. The molecule has 1 aliphatic carbocycles. The number of nitrogens with one attached hydrogen (secondary N) is 1. The normalized spacial score (nSPS) is 17.0. The van der Waals surface area contributed by atoms with Gasteiger partial charge in [0.1, 0.15) is 5.69 Å². The molecule has 0 amide bonds. The highest BCUT2D eigenvalue weighted by Crippen LogP contribution is 2.36. The standard InChI is InChI=1S/C12H15BrN2O3/c1-18-12(5-2-6-12)8-14-10-4-3-9(13)7-11(10)15(16)17/h3-4,7,14H,2,5-6,8H2,1H3. The molecular weight excluding hydrogens is 300 g/mol. The van der Waals surface area contributed by atoms with Crippen molar-refractivity contribution in [2.24, 2.45) is 0 Å². The first-order valence-corrected chi connectivity index (χ1v) is 6.59. The fourth-order valence-corrected chi connectivity index (χ4v) is 2.43. The number of nitro groups is 1. The first kappa shape index (κ1) is 13.3. The van der Waals surface area contributed by atoms with Crippen LogP contribution in [0.1, 0.15) is 19.3 Å². The third-order valence-electron chi connectivity index (χ3n) is 3.46. The molecule has 0 heterocycles. The van der Waals surface area contributed by atoms with Crippen molar-refractivity contribution in [3.8, 4) is 0 Å². The topological polar surface area (TPSA) is 64.4 Å². The second kappa shape index (κ2) is 5.24. The van der Waals surface area contributed by atoms with Gasteiger partial charge in [0.2, 0.25) is 0 Å². The predicted octanol–water partition coefficient (Wildman–Crippen LogP) is 3.34. The van der Waals surface area contributed by atoms with E-state index in [2.05, 4.69) is 21.2 Å². The molecule has 0 bridgehead atoms. The highest BCUT2D eigenvalue weighted by molar-refractivity contribution is 9.10. The van der Waals surface area contributed by atoms with Gasteiger partial charge in [0.15, 0.2) is 0 Å². The molecule has 18 heavy (non-hydrogen) atoms. The number of ether oxygens (including phenoxy) is 1. The van der Waals surface area contributed by atoms with Crippen molar-refractivity contribution in [1.82, 2.24) is 0 Å². The molecule has 1 fully saturated rings. The maximum atomic E-state index is 11.0. The van der Waals surface area contributed by atoms with Crippen LogP contribution in [0.3, 0.4) is 0 Å². The molecule has 0 spiro atoms. The molecular formula is C12H15BrN2O3. The Morgan fingerprint density at radius 2 is 2.28 bits per heavy atom. The molecule has 1 aromatic rings. The smallest absolute Gasteiger partial charge is 0.293 e. The minimum absolute atomic E-state index is 0.0787. The quantitative estimate of drug-likeness (QED) is 0.668. The van der Waals surface area contributed by atoms with Gasteiger partial charge in [0, 0.05) is 24.2 Å². The van der Waals surface area contributed by atoms with Gasteiger partial charge in [-0.25, -0.2) is 0 Å². The van der Waals surface area contributed by atoms with Crippen LogP contribution in [-0.4, -0.2) is 24.2 Å². The summed E-state index contributed by atoms with van der Waals surface area (Å²) in [6, 6.07) is 5.00. The van der Waals surface area contributed by atoms with Gasteiger partial charge < -0.3 is 10.1 Å². The molecule has 0 radical (unpaired) electrons. The third-order valence-corrected chi connectivity index (χ3v) is 3.95. The Bertz CT molecular complexity index is 455. The number of anilines is 1. The number of methoxy groups -OCH3 is 1. The first-order chi connectivity index (χ1) is 8.56. The highest BCUT2D eigenvalue weighted by atomic mass is 79.9. The first-order valence-electron chi connectivity index (χ1n) is 5.79. The van der Waals surface area contributed by atoms with E-state index in [1.54, 1.807) is 19.2 Å².